The third-order valence-electron chi connectivity index (χ3n) is 3.42. The third-order valence-corrected chi connectivity index (χ3v) is 3.42. The van der Waals surface area contributed by atoms with E-state index in [1.165, 1.54) is 0 Å². The number of rotatable bonds is 3. The summed E-state index contributed by atoms with van der Waals surface area (Å²) in [5.74, 6) is -0.145. The van der Waals surface area contributed by atoms with Crippen LogP contribution in [0.1, 0.15) is 41.7 Å². The average Bonchev–Trinajstić information content (AvgIpc) is 2.79. The van der Waals surface area contributed by atoms with E-state index in [0.29, 0.717) is 5.56 Å². The lowest BCUT2D eigenvalue weighted by Gasteiger charge is -2.27. The van der Waals surface area contributed by atoms with Crippen LogP contribution in [0.4, 0.5) is 0 Å². The maximum atomic E-state index is 12.0. The molecule has 0 atom stereocenters. The average molecular weight is 234 g/mol. The molecule has 1 aromatic rings. The van der Waals surface area contributed by atoms with E-state index in [1.54, 1.807) is 12.3 Å². The fraction of sp³-hybridized carbons (Fsp3) is 0.538. The molecule has 4 nitrogen and oxygen atoms in total. The molecule has 4 heteroatoms. The molecule has 1 aliphatic carbocycles. The maximum absolute atomic E-state index is 12.0. The van der Waals surface area contributed by atoms with E-state index >= 15 is 0 Å². The van der Waals surface area contributed by atoms with Crippen LogP contribution in [0, 0.1) is 6.92 Å². The molecule has 1 aliphatic rings. The molecule has 0 unspecified atom stereocenters. The zero-order chi connectivity index (χ0) is 12.3. The molecule has 0 aliphatic heterocycles. The van der Waals surface area contributed by atoms with Crippen molar-refractivity contribution < 1.29 is 9.90 Å². The van der Waals surface area contributed by atoms with Crippen molar-refractivity contribution in [3.63, 3.8) is 0 Å². The molecule has 1 fully saturated rings. The van der Waals surface area contributed by atoms with E-state index in [1.807, 2.05) is 13.0 Å². The summed E-state index contributed by atoms with van der Waals surface area (Å²) in [6.07, 6.45) is 5.41. The number of amides is 1. The molecular weight excluding hydrogens is 216 g/mol. The minimum Gasteiger partial charge on any atom is -0.394 e. The number of carbonyl (C=O) groups excluding carboxylic acids is 1. The first kappa shape index (κ1) is 12.0. The lowest BCUT2D eigenvalue weighted by Crippen LogP contribution is -2.49. The van der Waals surface area contributed by atoms with Crippen LogP contribution in [0.15, 0.2) is 18.3 Å². The largest absolute Gasteiger partial charge is 0.394 e. The summed E-state index contributed by atoms with van der Waals surface area (Å²) in [6.45, 7) is 1.89. The highest BCUT2D eigenvalue weighted by Gasteiger charge is 2.34. The molecule has 1 saturated carbocycles. The van der Waals surface area contributed by atoms with Crippen LogP contribution < -0.4 is 5.32 Å². The highest BCUT2D eigenvalue weighted by molar-refractivity contribution is 5.94. The lowest BCUT2D eigenvalue weighted by atomic mass is 9.98. The van der Waals surface area contributed by atoms with Gasteiger partial charge in [-0.15, -0.1) is 0 Å². The molecule has 0 saturated heterocycles. The van der Waals surface area contributed by atoms with Gasteiger partial charge >= 0.3 is 0 Å². The highest BCUT2D eigenvalue weighted by atomic mass is 16.3. The van der Waals surface area contributed by atoms with Crippen LogP contribution in [-0.4, -0.2) is 28.1 Å². The molecular formula is C13H18N2O2. The molecule has 0 bridgehead atoms. The molecule has 2 rings (SSSR count). The first-order chi connectivity index (χ1) is 8.15. The number of aliphatic hydroxyl groups is 1. The van der Waals surface area contributed by atoms with E-state index in [2.05, 4.69) is 10.3 Å². The Morgan fingerprint density at radius 1 is 1.47 bits per heavy atom. The van der Waals surface area contributed by atoms with Crippen LogP contribution >= 0.6 is 0 Å². The standard InChI is InChI=1S/C13H18N2O2/c1-10-4-5-11(8-14-10)12(17)15-13(9-16)6-2-3-7-13/h4-5,8,16H,2-3,6-7,9H2,1H3,(H,15,17). The molecule has 0 aromatic carbocycles. The van der Waals surface area contributed by atoms with Gasteiger partial charge in [0.05, 0.1) is 17.7 Å². The van der Waals surface area contributed by atoms with Crippen molar-refractivity contribution in [2.24, 2.45) is 0 Å². The number of hydrogen-bond donors (Lipinski definition) is 2. The second-order valence-corrected chi connectivity index (χ2v) is 4.79. The first-order valence-corrected chi connectivity index (χ1v) is 6.01. The van der Waals surface area contributed by atoms with Gasteiger partial charge in [-0.3, -0.25) is 9.78 Å². The second kappa shape index (κ2) is 4.84. The van der Waals surface area contributed by atoms with Crippen LogP contribution in [0.2, 0.25) is 0 Å². The van der Waals surface area contributed by atoms with Crippen LogP contribution in [0.3, 0.4) is 0 Å². The minimum absolute atomic E-state index is 0.0119. The molecule has 17 heavy (non-hydrogen) atoms. The van der Waals surface area contributed by atoms with Gasteiger partial charge in [0.15, 0.2) is 0 Å². The Bertz CT molecular complexity index is 394. The summed E-state index contributed by atoms with van der Waals surface area (Å²) in [6, 6.07) is 3.58. The van der Waals surface area contributed by atoms with Gasteiger partial charge < -0.3 is 10.4 Å². The van der Waals surface area contributed by atoms with Crippen molar-refractivity contribution in [3.8, 4) is 0 Å². The zero-order valence-electron chi connectivity index (χ0n) is 10.1. The quantitative estimate of drug-likeness (QED) is 0.831. The molecule has 0 spiro atoms. The number of carbonyl (C=O) groups is 1. The van der Waals surface area contributed by atoms with Gasteiger partial charge in [0.1, 0.15) is 0 Å². The predicted molar refractivity (Wildman–Crippen MR) is 64.7 cm³/mol. The normalized spacial score (nSPS) is 18.0. The smallest absolute Gasteiger partial charge is 0.253 e. The van der Waals surface area contributed by atoms with E-state index < -0.39 is 5.54 Å². The molecule has 0 radical (unpaired) electrons. The fourth-order valence-corrected chi connectivity index (χ4v) is 2.29. The summed E-state index contributed by atoms with van der Waals surface area (Å²) in [5, 5.41) is 12.4. The number of aromatic nitrogens is 1. The van der Waals surface area contributed by atoms with Crippen LogP contribution in [0.25, 0.3) is 0 Å². The van der Waals surface area contributed by atoms with Gasteiger partial charge in [-0.05, 0) is 31.9 Å². The fourth-order valence-electron chi connectivity index (χ4n) is 2.29. The molecule has 92 valence electrons. The summed E-state index contributed by atoms with van der Waals surface area (Å²) >= 11 is 0. The third kappa shape index (κ3) is 2.64. The second-order valence-electron chi connectivity index (χ2n) is 4.79. The van der Waals surface area contributed by atoms with Gasteiger partial charge in [0.2, 0.25) is 0 Å². The van der Waals surface area contributed by atoms with Crippen molar-refractivity contribution in [2.45, 2.75) is 38.1 Å². The van der Waals surface area contributed by atoms with Gasteiger partial charge in [-0.25, -0.2) is 0 Å². The van der Waals surface area contributed by atoms with E-state index in [9.17, 15) is 9.90 Å². The summed E-state index contributed by atoms with van der Waals surface area (Å²) < 4.78 is 0. The summed E-state index contributed by atoms with van der Waals surface area (Å²) in [7, 11) is 0. The Labute approximate surface area is 101 Å². The number of hydrogen-bond acceptors (Lipinski definition) is 3. The minimum atomic E-state index is -0.415. The number of pyridine rings is 1. The SMILES string of the molecule is Cc1ccc(C(=O)NC2(CO)CCCC2)cn1. The van der Waals surface area contributed by atoms with Crippen LogP contribution in [0.5, 0.6) is 0 Å². The monoisotopic (exact) mass is 234 g/mol. The number of aliphatic hydroxyl groups excluding tert-OH is 1. The summed E-state index contributed by atoms with van der Waals surface area (Å²) in [4.78, 5) is 16.1. The van der Waals surface area contributed by atoms with Gasteiger partial charge in [-0.2, -0.15) is 0 Å². The van der Waals surface area contributed by atoms with Gasteiger partial charge in [0, 0.05) is 11.9 Å². The highest BCUT2D eigenvalue weighted by Crippen LogP contribution is 2.29. The van der Waals surface area contributed by atoms with Crippen molar-refractivity contribution in [2.75, 3.05) is 6.61 Å². The molecule has 1 heterocycles. The van der Waals surface area contributed by atoms with Crippen molar-refractivity contribution in [1.29, 1.82) is 0 Å². The summed E-state index contributed by atoms with van der Waals surface area (Å²) in [5.41, 5.74) is 1.02. The van der Waals surface area contributed by atoms with Crippen molar-refractivity contribution >= 4 is 5.91 Å². The first-order valence-electron chi connectivity index (χ1n) is 6.01. The number of nitrogens with one attached hydrogen (secondary N) is 1. The Morgan fingerprint density at radius 2 is 2.18 bits per heavy atom. The maximum Gasteiger partial charge on any atom is 0.253 e. The zero-order valence-corrected chi connectivity index (χ0v) is 10.1. The lowest BCUT2D eigenvalue weighted by molar-refractivity contribution is 0.0838. The Hall–Kier alpha value is -1.42. The van der Waals surface area contributed by atoms with E-state index in [-0.39, 0.29) is 12.5 Å². The predicted octanol–water partition coefficient (Wildman–Crippen LogP) is 1.42. The van der Waals surface area contributed by atoms with Crippen LogP contribution in [-0.2, 0) is 0 Å². The Balaban J connectivity index is 2.08. The Morgan fingerprint density at radius 3 is 2.71 bits per heavy atom. The number of aryl methyl sites for hydroxylation is 1. The molecule has 1 aromatic heterocycles. The Kier molecular flexibility index (Phi) is 3.43. The molecule has 1 amide bonds. The van der Waals surface area contributed by atoms with Crippen molar-refractivity contribution in [1.82, 2.24) is 10.3 Å². The molecule has 2 N–H and O–H groups in total. The van der Waals surface area contributed by atoms with Gasteiger partial charge in [-0.1, -0.05) is 12.8 Å². The number of nitrogens with zero attached hydrogens (tertiary/aromatic N) is 1. The van der Waals surface area contributed by atoms with Crippen molar-refractivity contribution in [3.05, 3.63) is 29.6 Å². The van der Waals surface area contributed by atoms with Gasteiger partial charge in [0.25, 0.3) is 5.91 Å². The topological polar surface area (TPSA) is 62.2 Å². The van der Waals surface area contributed by atoms with E-state index in [0.717, 1.165) is 31.4 Å². The van der Waals surface area contributed by atoms with E-state index in [4.69, 9.17) is 0 Å².